The van der Waals surface area contributed by atoms with E-state index in [1.807, 2.05) is 0 Å². The predicted octanol–water partition coefficient (Wildman–Crippen LogP) is 11.0. The van der Waals surface area contributed by atoms with E-state index in [1.165, 1.54) is 66.6 Å². The average molecular weight is 610 g/mol. The van der Waals surface area contributed by atoms with Crippen LogP contribution in [0.4, 0.5) is 11.4 Å². The van der Waals surface area contributed by atoms with Crippen molar-refractivity contribution in [1.82, 2.24) is 0 Å². The van der Waals surface area contributed by atoms with Crippen molar-refractivity contribution in [3.8, 4) is 0 Å². The van der Waals surface area contributed by atoms with Crippen molar-refractivity contribution < 1.29 is 4.58 Å². The highest BCUT2D eigenvalue weighted by molar-refractivity contribution is 6.32. The van der Waals surface area contributed by atoms with Gasteiger partial charge in [0.15, 0.2) is 5.71 Å². The number of allylic oxidation sites excluding steroid dienone is 10. The van der Waals surface area contributed by atoms with Crippen molar-refractivity contribution in [3.05, 3.63) is 142 Å². The molecule has 0 aromatic heterocycles. The molecule has 0 radical (unpaired) electrons. The van der Waals surface area contributed by atoms with E-state index in [1.54, 1.807) is 0 Å². The van der Waals surface area contributed by atoms with Crippen LogP contribution in [0.2, 0.25) is 0 Å². The molecule has 2 nitrogen and oxygen atoms in total. The van der Waals surface area contributed by atoms with Gasteiger partial charge < -0.3 is 4.90 Å². The van der Waals surface area contributed by atoms with Crippen LogP contribution in [0, 0.1) is 0 Å². The molecule has 0 saturated carbocycles. The summed E-state index contributed by atoms with van der Waals surface area (Å²) in [7, 11) is 4.37. The van der Waals surface area contributed by atoms with Crippen LogP contribution in [0.3, 0.4) is 0 Å². The van der Waals surface area contributed by atoms with Crippen molar-refractivity contribution in [3.63, 3.8) is 0 Å². The van der Waals surface area contributed by atoms with Gasteiger partial charge in [-0.15, -0.1) is 0 Å². The maximum Gasteiger partial charge on any atom is 0.210 e. The summed E-state index contributed by atoms with van der Waals surface area (Å²) in [5.41, 5.74) is 10.2. The molecule has 226 valence electrons. The highest BCUT2D eigenvalue weighted by Crippen LogP contribution is 2.50. The second-order valence-corrected chi connectivity index (χ2v) is 14.1. The van der Waals surface area contributed by atoms with Gasteiger partial charge in [0.05, 0.1) is 5.41 Å². The Balaban J connectivity index is 1.15. The summed E-state index contributed by atoms with van der Waals surface area (Å²) >= 11 is 7.08. The largest absolute Gasteiger partial charge is 0.347 e. The number of rotatable bonds is 4. The number of anilines is 1. The van der Waals surface area contributed by atoms with Crippen LogP contribution in [0.1, 0.15) is 58.1 Å². The maximum absolute atomic E-state index is 7.08. The summed E-state index contributed by atoms with van der Waals surface area (Å²) in [6.45, 7) is 9.35. The third-order valence-electron chi connectivity index (χ3n) is 10.4. The summed E-state index contributed by atoms with van der Waals surface area (Å²) in [5, 5.41) is 6.15. The number of halogens is 1. The Morgan fingerprint density at radius 1 is 0.733 bits per heavy atom. The van der Waals surface area contributed by atoms with Crippen molar-refractivity contribution in [1.29, 1.82) is 0 Å². The summed E-state index contributed by atoms with van der Waals surface area (Å²) < 4.78 is 2.35. The van der Waals surface area contributed by atoms with Crippen molar-refractivity contribution in [2.45, 2.75) is 57.8 Å². The monoisotopic (exact) mass is 609 g/mol. The van der Waals surface area contributed by atoms with Gasteiger partial charge in [0.25, 0.3) is 0 Å². The highest BCUT2D eigenvalue weighted by Gasteiger charge is 2.44. The minimum absolute atomic E-state index is 0.0897. The molecular formula is C42H42ClN2+. The van der Waals surface area contributed by atoms with Crippen LogP contribution in [0.25, 0.3) is 21.5 Å². The van der Waals surface area contributed by atoms with E-state index in [-0.39, 0.29) is 10.8 Å². The van der Waals surface area contributed by atoms with Crippen molar-refractivity contribution in [2.24, 2.45) is 0 Å². The number of hydrogen-bond acceptors (Lipinski definition) is 1. The Labute approximate surface area is 273 Å². The fourth-order valence-corrected chi connectivity index (χ4v) is 8.41. The van der Waals surface area contributed by atoms with Gasteiger partial charge in [-0.25, -0.2) is 0 Å². The normalized spacial score (nSPS) is 21.0. The van der Waals surface area contributed by atoms with Crippen molar-refractivity contribution >= 4 is 50.2 Å². The fourth-order valence-electron chi connectivity index (χ4n) is 8.09. The third-order valence-corrected chi connectivity index (χ3v) is 10.8. The molecule has 4 aromatic rings. The first-order chi connectivity index (χ1) is 21.6. The summed E-state index contributed by atoms with van der Waals surface area (Å²) in [6.07, 6.45) is 16.5. The molecule has 2 heterocycles. The minimum atomic E-state index is -0.106. The molecule has 3 heteroatoms. The number of benzene rings is 4. The van der Waals surface area contributed by atoms with E-state index in [0.717, 1.165) is 24.3 Å². The van der Waals surface area contributed by atoms with Gasteiger partial charge >= 0.3 is 0 Å². The second kappa shape index (κ2) is 11.0. The Hall–Kier alpha value is -4.14. The van der Waals surface area contributed by atoms with Crippen LogP contribution < -0.4 is 4.90 Å². The summed E-state index contributed by atoms with van der Waals surface area (Å²) in [4.78, 5) is 2.34. The lowest BCUT2D eigenvalue weighted by Gasteiger charge is -2.24. The van der Waals surface area contributed by atoms with Gasteiger partial charge in [0, 0.05) is 46.6 Å². The molecule has 0 atom stereocenters. The molecule has 1 aliphatic carbocycles. The molecule has 4 aromatic carbocycles. The molecule has 3 aliphatic rings. The van der Waals surface area contributed by atoms with E-state index < -0.39 is 0 Å². The topological polar surface area (TPSA) is 6.25 Å². The molecule has 2 aliphatic heterocycles. The molecule has 45 heavy (non-hydrogen) atoms. The molecule has 0 amide bonds. The molecule has 0 spiro atoms. The first-order valence-corrected chi connectivity index (χ1v) is 16.5. The fraction of sp³-hybridized carbons (Fsp3) is 0.262. The average Bonchev–Trinajstić information content (AvgIpc) is 3.36. The zero-order valence-electron chi connectivity index (χ0n) is 27.3. The van der Waals surface area contributed by atoms with Gasteiger partial charge in [0.2, 0.25) is 5.69 Å². The quantitative estimate of drug-likeness (QED) is 0.209. The summed E-state index contributed by atoms with van der Waals surface area (Å²) in [5.74, 6) is 0. The zero-order chi connectivity index (χ0) is 31.5. The minimum Gasteiger partial charge on any atom is -0.347 e. The van der Waals surface area contributed by atoms with Crippen LogP contribution >= 0.6 is 11.6 Å². The third kappa shape index (κ3) is 4.73. The lowest BCUT2D eigenvalue weighted by molar-refractivity contribution is -0.401. The highest BCUT2D eigenvalue weighted by atomic mass is 35.5. The second-order valence-electron chi connectivity index (χ2n) is 13.8. The van der Waals surface area contributed by atoms with Crippen LogP contribution in [0.5, 0.6) is 0 Å². The van der Waals surface area contributed by atoms with Gasteiger partial charge in [-0.05, 0) is 89.6 Å². The Kier molecular flexibility index (Phi) is 7.25. The van der Waals surface area contributed by atoms with Gasteiger partial charge in [-0.1, -0.05) is 104 Å². The molecule has 0 N–H and O–H groups in total. The van der Waals surface area contributed by atoms with Crippen LogP contribution in [-0.4, -0.2) is 24.4 Å². The first-order valence-electron chi connectivity index (χ1n) is 16.1. The summed E-state index contributed by atoms with van der Waals surface area (Å²) in [6, 6.07) is 26.4. The van der Waals surface area contributed by atoms with Crippen LogP contribution in [0.15, 0.2) is 131 Å². The number of likely N-dealkylation sites (N-methyl/N-ethyl adjacent to an activating group) is 1. The SMILES string of the molecule is CN1C(=CC=CC=C2CCCC(C=CC3=[N+](C)c4ccc5ccccc5c4C3(C)C)=C2Cl)C(C)(C)c2c1ccc1ccccc21. The number of fused-ring (bicyclic) bond motifs is 6. The Bertz CT molecular complexity index is 2060. The molecule has 0 bridgehead atoms. The van der Waals surface area contributed by atoms with Gasteiger partial charge in [0.1, 0.15) is 7.05 Å². The smallest absolute Gasteiger partial charge is 0.210 e. The van der Waals surface area contributed by atoms with E-state index in [0.29, 0.717) is 0 Å². The maximum atomic E-state index is 7.08. The molecular weight excluding hydrogens is 568 g/mol. The van der Waals surface area contributed by atoms with E-state index in [9.17, 15) is 0 Å². The molecule has 0 fully saturated rings. The van der Waals surface area contributed by atoms with E-state index in [2.05, 4.69) is 161 Å². The molecule has 0 saturated heterocycles. The standard InChI is InChI=1S/C42H42ClN2/c1-41(2)36(44(5)34-25-22-28-14-7-10-19-32(28)38(34)41)21-12-9-16-30-17-13-18-31(40(30)43)24-27-37-42(3,4)39-33-20-11-8-15-29(33)23-26-35(39)45(37)6/h7-12,14-16,19-27H,13,17-18H2,1-6H3/q+1. The number of hydrogen-bond donors (Lipinski definition) is 0. The zero-order valence-corrected chi connectivity index (χ0v) is 28.0. The predicted molar refractivity (Wildman–Crippen MR) is 194 cm³/mol. The number of nitrogens with zero attached hydrogens (tertiary/aromatic N) is 2. The van der Waals surface area contributed by atoms with Crippen LogP contribution in [-0.2, 0) is 10.8 Å². The molecule has 0 unspecified atom stereocenters. The van der Waals surface area contributed by atoms with Crippen molar-refractivity contribution in [2.75, 3.05) is 19.0 Å². The lowest BCUT2D eigenvalue weighted by Crippen LogP contribution is -2.27. The molecule has 7 rings (SSSR count). The first kappa shape index (κ1) is 29.6. The lowest BCUT2D eigenvalue weighted by atomic mass is 9.79. The Morgan fingerprint density at radius 2 is 1.38 bits per heavy atom. The Morgan fingerprint density at radius 3 is 2.11 bits per heavy atom. The van der Waals surface area contributed by atoms with Gasteiger partial charge in [-0.2, -0.15) is 4.58 Å². The van der Waals surface area contributed by atoms with E-state index >= 15 is 0 Å². The van der Waals surface area contributed by atoms with E-state index in [4.69, 9.17) is 11.6 Å². The van der Waals surface area contributed by atoms with Gasteiger partial charge in [-0.3, -0.25) is 0 Å².